The number of carbonyl (C=O) groups is 1. The van der Waals surface area contributed by atoms with E-state index in [4.69, 9.17) is 0 Å². The van der Waals surface area contributed by atoms with Crippen LogP contribution in [0.1, 0.15) is 29.0 Å². The van der Waals surface area contributed by atoms with Gasteiger partial charge in [0, 0.05) is 6.20 Å². The SMILES string of the molecule is CC(c1ccccc1)n1ccc(C=O)n1. The molecule has 0 bridgehead atoms. The molecule has 1 heterocycles. The molecular weight excluding hydrogens is 188 g/mol. The molecule has 0 aliphatic carbocycles. The van der Waals surface area contributed by atoms with Crippen LogP contribution >= 0.6 is 0 Å². The molecule has 2 aromatic rings. The third-order valence-electron chi connectivity index (χ3n) is 2.43. The fourth-order valence-corrected chi connectivity index (χ4v) is 1.52. The first-order chi connectivity index (χ1) is 7.31. The molecule has 0 N–H and O–H groups in total. The molecule has 15 heavy (non-hydrogen) atoms. The highest BCUT2D eigenvalue weighted by Crippen LogP contribution is 2.16. The van der Waals surface area contributed by atoms with Crippen LogP contribution in [0, 0.1) is 0 Å². The second-order valence-electron chi connectivity index (χ2n) is 3.43. The summed E-state index contributed by atoms with van der Waals surface area (Å²) in [6.07, 6.45) is 2.58. The maximum atomic E-state index is 10.5. The molecule has 2 rings (SSSR count). The van der Waals surface area contributed by atoms with Gasteiger partial charge in [-0.25, -0.2) is 0 Å². The van der Waals surface area contributed by atoms with Crippen molar-refractivity contribution >= 4 is 6.29 Å². The van der Waals surface area contributed by atoms with E-state index in [0.29, 0.717) is 5.69 Å². The third-order valence-corrected chi connectivity index (χ3v) is 2.43. The first kappa shape index (κ1) is 9.65. The third kappa shape index (κ3) is 1.96. The highest BCUT2D eigenvalue weighted by atomic mass is 16.1. The van der Waals surface area contributed by atoms with E-state index in [9.17, 15) is 4.79 Å². The van der Waals surface area contributed by atoms with Gasteiger partial charge in [-0.05, 0) is 18.6 Å². The molecular formula is C12H12N2O. The average molecular weight is 200 g/mol. The van der Waals surface area contributed by atoms with Gasteiger partial charge in [0.1, 0.15) is 5.69 Å². The van der Waals surface area contributed by atoms with Gasteiger partial charge in [0.2, 0.25) is 0 Å². The van der Waals surface area contributed by atoms with Crippen LogP contribution in [0.3, 0.4) is 0 Å². The molecule has 0 spiro atoms. The summed E-state index contributed by atoms with van der Waals surface area (Å²) in [5.74, 6) is 0. The molecule has 0 fully saturated rings. The lowest BCUT2D eigenvalue weighted by atomic mass is 10.1. The molecule has 1 aromatic heterocycles. The molecule has 0 aliphatic heterocycles. The normalized spacial score (nSPS) is 12.3. The van der Waals surface area contributed by atoms with Crippen LogP contribution in [-0.2, 0) is 0 Å². The van der Waals surface area contributed by atoms with Gasteiger partial charge >= 0.3 is 0 Å². The molecule has 0 saturated carbocycles. The lowest BCUT2D eigenvalue weighted by Gasteiger charge is -2.11. The highest BCUT2D eigenvalue weighted by molar-refractivity contribution is 5.71. The molecule has 1 aromatic carbocycles. The summed E-state index contributed by atoms with van der Waals surface area (Å²) in [7, 11) is 0. The molecule has 3 nitrogen and oxygen atoms in total. The maximum Gasteiger partial charge on any atom is 0.170 e. The van der Waals surface area contributed by atoms with Crippen LogP contribution in [0.25, 0.3) is 0 Å². The summed E-state index contributed by atoms with van der Waals surface area (Å²) in [5, 5.41) is 4.15. The van der Waals surface area contributed by atoms with Crippen molar-refractivity contribution < 1.29 is 4.79 Å². The van der Waals surface area contributed by atoms with Crippen molar-refractivity contribution in [3.63, 3.8) is 0 Å². The van der Waals surface area contributed by atoms with Gasteiger partial charge in [-0.3, -0.25) is 9.48 Å². The van der Waals surface area contributed by atoms with E-state index in [1.165, 1.54) is 5.56 Å². The van der Waals surface area contributed by atoms with Crippen molar-refractivity contribution in [3.8, 4) is 0 Å². The first-order valence-electron chi connectivity index (χ1n) is 4.86. The minimum Gasteiger partial charge on any atom is -0.296 e. The summed E-state index contributed by atoms with van der Waals surface area (Å²) in [6, 6.07) is 11.9. The summed E-state index contributed by atoms with van der Waals surface area (Å²) in [4.78, 5) is 10.5. The summed E-state index contributed by atoms with van der Waals surface area (Å²) in [5.41, 5.74) is 1.65. The molecule has 0 amide bonds. The van der Waals surface area contributed by atoms with Crippen LogP contribution in [0.5, 0.6) is 0 Å². The lowest BCUT2D eigenvalue weighted by molar-refractivity contribution is 0.111. The fraction of sp³-hybridized carbons (Fsp3) is 0.167. The summed E-state index contributed by atoms with van der Waals surface area (Å²) in [6.45, 7) is 2.05. The van der Waals surface area contributed by atoms with Gasteiger partial charge in [0.05, 0.1) is 6.04 Å². The van der Waals surface area contributed by atoms with E-state index < -0.39 is 0 Å². The number of hydrogen-bond donors (Lipinski definition) is 0. The van der Waals surface area contributed by atoms with E-state index in [1.807, 2.05) is 36.5 Å². The Bertz CT molecular complexity index is 448. The smallest absolute Gasteiger partial charge is 0.170 e. The van der Waals surface area contributed by atoms with Gasteiger partial charge in [-0.1, -0.05) is 30.3 Å². The minimum atomic E-state index is 0.153. The lowest BCUT2D eigenvalue weighted by Crippen LogP contribution is -2.07. The first-order valence-corrected chi connectivity index (χ1v) is 4.86. The van der Waals surface area contributed by atoms with Crippen molar-refractivity contribution in [2.45, 2.75) is 13.0 Å². The number of rotatable bonds is 3. The van der Waals surface area contributed by atoms with Crippen molar-refractivity contribution in [1.82, 2.24) is 9.78 Å². The van der Waals surface area contributed by atoms with Gasteiger partial charge in [-0.2, -0.15) is 5.10 Å². The number of aldehydes is 1. The Morgan fingerprint density at radius 1 is 1.27 bits per heavy atom. The number of hydrogen-bond acceptors (Lipinski definition) is 2. The van der Waals surface area contributed by atoms with Crippen LogP contribution in [0.15, 0.2) is 42.6 Å². The molecule has 0 aliphatic rings. The Kier molecular flexibility index (Phi) is 2.63. The zero-order valence-corrected chi connectivity index (χ0v) is 8.50. The zero-order valence-electron chi connectivity index (χ0n) is 8.50. The molecule has 3 heteroatoms. The maximum absolute atomic E-state index is 10.5. The monoisotopic (exact) mass is 200 g/mol. The van der Waals surface area contributed by atoms with E-state index in [-0.39, 0.29) is 6.04 Å². The zero-order chi connectivity index (χ0) is 10.7. The molecule has 1 atom stereocenters. The predicted octanol–water partition coefficient (Wildman–Crippen LogP) is 2.30. The Morgan fingerprint density at radius 2 is 2.00 bits per heavy atom. The fourth-order valence-electron chi connectivity index (χ4n) is 1.52. The highest BCUT2D eigenvalue weighted by Gasteiger charge is 2.07. The molecule has 76 valence electrons. The average Bonchev–Trinajstić information content (AvgIpc) is 2.78. The van der Waals surface area contributed by atoms with Gasteiger partial charge in [-0.15, -0.1) is 0 Å². The minimum absolute atomic E-state index is 0.153. The largest absolute Gasteiger partial charge is 0.296 e. The van der Waals surface area contributed by atoms with Gasteiger partial charge in [0.15, 0.2) is 6.29 Å². The quantitative estimate of drug-likeness (QED) is 0.712. The van der Waals surface area contributed by atoms with Crippen molar-refractivity contribution in [2.24, 2.45) is 0 Å². The van der Waals surface area contributed by atoms with Crippen molar-refractivity contribution in [2.75, 3.05) is 0 Å². The van der Waals surface area contributed by atoms with E-state index in [1.54, 1.807) is 10.7 Å². The number of aromatic nitrogens is 2. The van der Waals surface area contributed by atoms with Crippen molar-refractivity contribution in [3.05, 3.63) is 53.9 Å². The molecule has 1 unspecified atom stereocenters. The summed E-state index contributed by atoms with van der Waals surface area (Å²) >= 11 is 0. The van der Waals surface area contributed by atoms with E-state index in [2.05, 4.69) is 12.0 Å². The predicted molar refractivity (Wildman–Crippen MR) is 57.9 cm³/mol. The van der Waals surface area contributed by atoms with E-state index >= 15 is 0 Å². The Labute approximate surface area is 88.4 Å². The van der Waals surface area contributed by atoms with Crippen LogP contribution in [-0.4, -0.2) is 16.1 Å². The van der Waals surface area contributed by atoms with Crippen LogP contribution in [0.2, 0.25) is 0 Å². The molecule has 0 radical (unpaired) electrons. The topological polar surface area (TPSA) is 34.9 Å². The van der Waals surface area contributed by atoms with Gasteiger partial charge < -0.3 is 0 Å². The van der Waals surface area contributed by atoms with E-state index in [0.717, 1.165) is 6.29 Å². The number of benzene rings is 1. The summed E-state index contributed by atoms with van der Waals surface area (Å²) < 4.78 is 1.79. The van der Waals surface area contributed by atoms with Crippen LogP contribution < -0.4 is 0 Å². The van der Waals surface area contributed by atoms with Crippen LogP contribution in [0.4, 0.5) is 0 Å². The Hall–Kier alpha value is -1.90. The molecule has 0 saturated heterocycles. The number of nitrogens with zero attached hydrogens (tertiary/aromatic N) is 2. The van der Waals surface area contributed by atoms with Gasteiger partial charge in [0.25, 0.3) is 0 Å². The Balaban J connectivity index is 2.28. The Morgan fingerprint density at radius 3 is 2.60 bits per heavy atom. The van der Waals surface area contributed by atoms with Crippen molar-refractivity contribution in [1.29, 1.82) is 0 Å². The second kappa shape index (κ2) is 4.09. The number of carbonyl (C=O) groups excluding carboxylic acids is 1. The standard InChI is InChI=1S/C12H12N2O/c1-10(11-5-3-2-4-6-11)14-8-7-12(9-15)13-14/h2-10H,1H3. The second-order valence-corrected chi connectivity index (χ2v) is 3.43.